The number of aliphatic hydroxyl groups excluding tert-OH is 3. The molecule has 0 aliphatic carbocycles. The molecule has 0 aliphatic heterocycles. The number of rotatable bonds is 50. The van der Waals surface area contributed by atoms with Crippen LogP contribution in [0, 0.1) is 0 Å². The molecule has 66 heavy (non-hydrogen) atoms. The van der Waals surface area contributed by atoms with Crippen LogP contribution in [0.25, 0.3) is 0 Å². The molecular formula is C49H94O15P2. The van der Waals surface area contributed by atoms with Crippen LogP contribution in [0.3, 0.4) is 0 Å². The number of hydrogen-bond donors (Lipinski definition) is 5. The highest BCUT2D eigenvalue weighted by molar-refractivity contribution is 7.47. The van der Waals surface area contributed by atoms with Crippen LogP contribution >= 0.6 is 15.6 Å². The lowest BCUT2D eigenvalue weighted by Gasteiger charge is -2.19. The van der Waals surface area contributed by atoms with E-state index in [4.69, 9.17) is 14.0 Å². The zero-order valence-electron chi connectivity index (χ0n) is 41.1. The van der Waals surface area contributed by atoms with Crippen molar-refractivity contribution >= 4 is 27.6 Å². The summed E-state index contributed by atoms with van der Waals surface area (Å²) < 4.78 is 53.1. The predicted molar refractivity (Wildman–Crippen MR) is 261 cm³/mol. The van der Waals surface area contributed by atoms with Gasteiger partial charge in [-0.3, -0.25) is 27.7 Å². The summed E-state index contributed by atoms with van der Waals surface area (Å²) in [6.07, 6.45) is 40.2. The van der Waals surface area contributed by atoms with Crippen molar-refractivity contribution < 1.29 is 71.4 Å². The van der Waals surface area contributed by atoms with Crippen molar-refractivity contribution in [3.63, 3.8) is 0 Å². The Balaban J connectivity index is 3.85. The highest BCUT2D eigenvalue weighted by Crippen LogP contribution is 2.45. The van der Waals surface area contributed by atoms with Gasteiger partial charge < -0.3 is 34.6 Å². The van der Waals surface area contributed by atoms with Crippen molar-refractivity contribution in [2.75, 3.05) is 39.6 Å². The second-order valence-corrected chi connectivity index (χ2v) is 20.4. The Morgan fingerprint density at radius 3 is 0.894 bits per heavy atom. The molecule has 17 heteroatoms. The minimum absolute atomic E-state index is 0.193. The van der Waals surface area contributed by atoms with Crippen LogP contribution in [0.15, 0.2) is 24.3 Å². The minimum Gasteiger partial charge on any atom is -0.463 e. The van der Waals surface area contributed by atoms with Crippen molar-refractivity contribution in [2.24, 2.45) is 0 Å². The molecule has 0 heterocycles. The van der Waals surface area contributed by atoms with E-state index in [2.05, 4.69) is 51.7 Å². The highest BCUT2D eigenvalue weighted by Gasteiger charge is 2.28. The molecule has 0 radical (unpaired) electrons. The first-order valence-corrected chi connectivity index (χ1v) is 28.7. The third-order valence-corrected chi connectivity index (χ3v) is 12.8. The summed E-state index contributed by atoms with van der Waals surface area (Å²) in [5, 5.41) is 30.1. The lowest BCUT2D eigenvalue weighted by Crippen LogP contribution is -2.25. The van der Waals surface area contributed by atoms with Gasteiger partial charge in [0.05, 0.1) is 26.4 Å². The summed E-state index contributed by atoms with van der Waals surface area (Å²) in [4.78, 5) is 43.8. The lowest BCUT2D eigenvalue weighted by molar-refractivity contribution is -0.148. The van der Waals surface area contributed by atoms with E-state index in [0.29, 0.717) is 12.8 Å². The Kier molecular flexibility index (Phi) is 44.9. The molecule has 5 unspecified atom stereocenters. The molecule has 0 aromatic heterocycles. The molecule has 5 N–H and O–H groups in total. The number of aliphatic hydroxyl groups is 3. The van der Waals surface area contributed by atoms with E-state index in [1.165, 1.54) is 135 Å². The zero-order chi connectivity index (χ0) is 48.8. The maximum atomic E-state index is 12.2. The zero-order valence-corrected chi connectivity index (χ0v) is 42.9. The molecule has 390 valence electrons. The average molecular weight is 985 g/mol. The Morgan fingerprint density at radius 1 is 0.379 bits per heavy atom. The molecule has 0 fully saturated rings. The van der Waals surface area contributed by atoms with Gasteiger partial charge in [-0.2, -0.15) is 0 Å². The van der Waals surface area contributed by atoms with Crippen LogP contribution < -0.4 is 0 Å². The fourth-order valence-electron chi connectivity index (χ4n) is 6.85. The topological polar surface area (TPSA) is 225 Å². The first kappa shape index (κ1) is 64.5. The van der Waals surface area contributed by atoms with E-state index in [0.717, 1.165) is 44.9 Å². The SMILES string of the molecule is CCCCCC/C=C\CCCCCCCCCC(=O)OCC(O)COP(=O)(O)OCC(O)COP(=O)(O)OCC(O)COC(=O)CCCCCCCCCCC/C=C/CCCCCCCC. The molecule has 0 rings (SSSR count). The minimum atomic E-state index is -4.78. The normalized spacial score (nSPS) is 15.2. The van der Waals surface area contributed by atoms with Crippen molar-refractivity contribution in [1.82, 2.24) is 0 Å². The van der Waals surface area contributed by atoms with Gasteiger partial charge in [0.2, 0.25) is 0 Å². The lowest BCUT2D eigenvalue weighted by atomic mass is 10.1. The Morgan fingerprint density at radius 2 is 0.606 bits per heavy atom. The van der Waals surface area contributed by atoms with Gasteiger partial charge in [-0.05, 0) is 64.2 Å². The van der Waals surface area contributed by atoms with Gasteiger partial charge in [0.1, 0.15) is 31.5 Å². The molecule has 0 aromatic carbocycles. The van der Waals surface area contributed by atoms with E-state index < -0.39 is 85.5 Å². The van der Waals surface area contributed by atoms with Gasteiger partial charge in [0.15, 0.2) is 0 Å². The Bertz CT molecular complexity index is 1280. The van der Waals surface area contributed by atoms with E-state index in [1.807, 2.05) is 0 Å². The quantitative estimate of drug-likeness (QED) is 0.0165. The van der Waals surface area contributed by atoms with Gasteiger partial charge in [0, 0.05) is 12.8 Å². The van der Waals surface area contributed by atoms with E-state index >= 15 is 0 Å². The van der Waals surface area contributed by atoms with Gasteiger partial charge in [-0.1, -0.05) is 167 Å². The third kappa shape index (κ3) is 47.6. The molecule has 15 nitrogen and oxygen atoms in total. The third-order valence-electron chi connectivity index (χ3n) is 10.9. The summed E-state index contributed by atoms with van der Waals surface area (Å²) in [5.41, 5.74) is 0. The number of hydrogen-bond acceptors (Lipinski definition) is 13. The van der Waals surface area contributed by atoms with Crippen LogP contribution in [0.5, 0.6) is 0 Å². The molecule has 0 spiro atoms. The number of carbonyl (C=O) groups excluding carboxylic acids is 2. The maximum Gasteiger partial charge on any atom is 0.472 e. The summed E-state index contributed by atoms with van der Waals surface area (Å²) in [6, 6.07) is 0. The number of allylic oxidation sites excluding steroid dienone is 4. The number of esters is 2. The number of phosphoric ester groups is 2. The molecule has 0 bridgehead atoms. The Labute approximate surface area is 399 Å². The molecule has 0 amide bonds. The number of ether oxygens (including phenoxy) is 2. The van der Waals surface area contributed by atoms with Gasteiger partial charge in [-0.25, -0.2) is 9.13 Å². The molecule has 5 atom stereocenters. The van der Waals surface area contributed by atoms with Gasteiger partial charge in [-0.15, -0.1) is 0 Å². The number of unbranched alkanes of at least 4 members (excludes halogenated alkanes) is 26. The van der Waals surface area contributed by atoms with Gasteiger partial charge in [0.25, 0.3) is 0 Å². The van der Waals surface area contributed by atoms with E-state index in [1.54, 1.807) is 0 Å². The van der Waals surface area contributed by atoms with E-state index in [9.17, 15) is 43.8 Å². The summed E-state index contributed by atoms with van der Waals surface area (Å²) >= 11 is 0. The molecule has 0 saturated heterocycles. The first-order valence-electron chi connectivity index (χ1n) is 25.7. The van der Waals surface area contributed by atoms with Gasteiger partial charge >= 0.3 is 27.6 Å². The fraction of sp³-hybridized carbons (Fsp3) is 0.878. The molecular weight excluding hydrogens is 890 g/mol. The van der Waals surface area contributed by atoms with E-state index in [-0.39, 0.29) is 12.8 Å². The molecule has 0 aromatic rings. The van der Waals surface area contributed by atoms with Crippen molar-refractivity contribution in [3.05, 3.63) is 24.3 Å². The standard InChI is InChI=1S/C49H94O15P2/c1-3-5-7-9-11-13-15-17-19-20-21-22-24-26-28-30-32-34-36-38-49(54)60-40-46(51)42-62-66(57,58)64-44-47(52)43-63-65(55,56)61-41-45(50)39-59-48(53)37-35-33-31-29-27-25-23-18-16-14-12-10-8-6-4-2/h14,16-17,19,45-47,50-52H,3-13,15,18,20-44H2,1-2H3,(H,55,56)(H,57,58)/b16-14-,19-17+. The molecule has 0 aliphatic rings. The van der Waals surface area contributed by atoms with Crippen molar-refractivity contribution in [2.45, 2.75) is 238 Å². The van der Waals surface area contributed by atoms with Crippen LogP contribution in [-0.2, 0) is 46.3 Å². The largest absolute Gasteiger partial charge is 0.472 e. The van der Waals surface area contributed by atoms with Crippen molar-refractivity contribution in [1.29, 1.82) is 0 Å². The summed E-state index contributed by atoms with van der Waals surface area (Å²) in [7, 11) is -9.57. The second kappa shape index (κ2) is 45.9. The average Bonchev–Trinajstić information content (AvgIpc) is 3.29. The second-order valence-electron chi connectivity index (χ2n) is 17.5. The Hall–Kier alpha value is -1.48. The highest BCUT2D eigenvalue weighted by atomic mass is 31.2. The van der Waals surface area contributed by atoms with Crippen LogP contribution in [-0.4, -0.2) is 95.0 Å². The predicted octanol–water partition coefficient (Wildman–Crippen LogP) is 12.1. The first-order chi connectivity index (χ1) is 31.8. The fourth-order valence-corrected chi connectivity index (χ4v) is 8.44. The summed E-state index contributed by atoms with van der Waals surface area (Å²) in [5.74, 6) is -0.996. The monoisotopic (exact) mass is 985 g/mol. The van der Waals surface area contributed by atoms with Crippen LogP contribution in [0.2, 0.25) is 0 Å². The maximum absolute atomic E-state index is 12.2. The number of carbonyl (C=O) groups is 2. The van der Waals surface area contributed by atoms with Crippen LogP contribution in [0.4, 0.5) is 0 Å². The molecule has 0 saturated carbocycles. The smallest absolute Gasteiger partial charge is 0.463 e. The summed E-state index contributed by atoms with van der Waals surface area (Å²) in [6.45, 7) is 0.429. The van der Waals surface area contributed by atoms with Crippen LogP contribution in [0.1, 0.15) is 219 Å². The van der Waals surface area contributed by atoms with Crippen molar-refractivity contribution in [3.8, 4) is 0 Å². The number of phosphoric acid groups is 2.